The molecule has 4 heteroatoms. The second-order valence-corrected chi connectivity index (χ2v) is 5.51. The molecule has 1 aliphatic rings. The van der Waals surface area contributed by atoms with Crippen LogP contribution in [0.15, 0.2) is 59.9 Å². The summed E-state index contributed by atoms with van der Waals surface area (Å²) < 4.78 is 0. The zero-order valence-electron chi connectivity index (χ0n) is 12.4. The van der Waals surface area contributed by atoms with Crippen molar-refractivity contribution < 1.29 is 0 Å². The molecule has 1 saturated carbocycles. The Morgan fingerprint density at radius 1 is 0.909 bits per heavy atom. The largest absolute Gasteiger partial charge is 0.326 e. The molecule has 2 heterocycles. The van der Waals surface area contributed by atoms with Crippen LogP contribution in [0.4, 0.5) is 0 Å². The van der Waals surface area contributed by atoms with Crippen LogP contribution in [0, 0.1) is 0 Å². The first-order valence-electron chi connectivity index (χ1n) is 7.50. The van der Waals surface area contributed by atoms with E-state index in [1.54, 1.807) is 12.4 Å². The zero-order valence-corrected chi connectivity index (χ0v) is 12.4. The van der Waals surface area contributed by atoms with Crippen LogP contribution < -0.4 is 11.5 Å². The van der Waals surface area contributed by atoms with Crippen LogP contribution >= 0.6 is 0 Å². The van der Waals surface area contributed by atoms with E-state index in [-0.39, 0.29) is 12.1 Å². The molecule has 0 spiro atoms. The minimum atomic E-state index is -0.175. The highest BCUT2D eigenvalue weighted by atomic mass is 14.8. The Bertz CT molecular complexity index is 677. The summed E-state index contributed by atoms with van der Waals surface area (Å²) in [5.74, 6) is 0. The van der Waals surface area contributed by atoms with Crippen molar-refractivity contribution >= 4 is 12.2 Å². The lowest BCUT2D eigenvalue weighted by molar-refractivity contribution is 0.511. The lowest BCUT2D eigenvalue weighted by atomic mass is 9.81. The van der Waals surface area contributed by atoms with E-state index in [1.807, 2.05) is 42.5 Å². The Hall–Kier alpha value is -2.30. The van der Waals surface area contributed by atoms with Crippen LogP contribution in [0.5, 0.6) is 0 Å². The first kappa shape index (κ1) is 14.6. The molecule has 4 nitrogen and oxygen atoms in total. The molecule has 4 N–H and O–H groups in total. The lowest BCUT2D eigenvalue weighted by Crippen LogP contribution is -2.45. The molecule has 2 aromatic rings. The highest BCUT2D eigenvalue weighted by Crippen LogP contribution is 2.30. The van der Waals surface area contributed by atoms with Crippen molar-refractivity contribution in [3.8, 4) is 0 Å². The van der Waals surface area contributed by atoms with E-state index in [2.05, 4.69) is 16.0 Å². The van der Waals surface area contributed by atoms with Crippen molar-refractivity contribution in [2.75, 3.05) is 0 Å². The summed E-state index contributed by atoms with van der Waals surface area (Å²) in [6.07, 6.45) is 9.51. The fourth-order valence-electron chi connectivity index (χ4n) is 2.70. The molecule has 1 fully saturated rings. The summed E-state index contributed by atoms with van der Waals surface area (Å²) in [5.41, 5.74) is 16.6. The van der Waals surface area contributed by atoms with Crippen molar-refractivity contribution in [2.45, 2.75) is 24.9 Å². The summed E-state index contributed by atoms with van der Waals surface area (Å²) in [7, 11) is 0. The van der Waals surface area contributed by atoms with Gasteiger partial charge in [-0.15, -0.1) is 0 Å². The van der Waals surface area contributed by atoms with Crippen LogP contribution in [-0.4, -0.2) is 22.1 Å². The molecular weight excluding hydrogens is 272 g/mol. The average Bonchev–Trinajstić information content (AvgIpc) is 2.56. The summed E-state index contributed by atoms with van der Waals surface area (Å²) in [4.78, 5) is 8.73. The Morgan fingerprint density at radius 2 is 1.55 bits per heavy atom. The van der Waals surface area contributed by atoms with Crippen molar-refractivity contribution in [3.63, 3.8) is 0 Å². The Morgan fingerprint density at radius 3 is 2.14 bits per heavy atom. The van der Waals surface area contributed by atoms with E-state index in [0.29, 0.717) is 0 Å². The van der Waals surface area contributed by atoms with E-state index in [9.17, 15) is 0 Å². The number of hydrogen-bond acceptors (Lipinski definition) is 4. The van der Waals surface area contributed by atoms with Crippen LogP contribution in [0.3, 0.4) is 0 Å². The van der Waals surface area contributed by atoms with Crippen LogP contribution in [0.1, 0.15) is 24.2 Å². The lowest BCUT2D eigenvalue weighted by Gasteiger charge is -2.30. The van der Waals surface area contributed by atoms with Gasteiger partial charge < -0.3 is 11.5 Å². The van der Waals surface area contributed by atoms with Gasteiger partial charge in [0, 0.05) is 24.5 Å². The van der Waals surface area contributed by atoms with Gasteiger partial charge in [-0.25, -0.2) is 0 Å². The molecule has 2 atom stereocenters. The molecule has 0 radical (unpaired) electrons. The maximum atomic E-state index is 6.33. The molecule has 0 aliphatic heterocycles. The highest BCUT2D eigenvalue weighted by molar-refractivity contribution is 5.66. The van der Waals surface area contributed by atoms with E-state index >= 15 is 0 Å². The fourth-order valence-corrected chi connectivity index (χ4v) is 2.70. The van der Waals surface area contributed by atoms with Crippen molar-refractivity contribution in [3.05, 3.63) is 71.3 Å². The number of pyridine rings is 2. The Labute approximate surface area is 130 Å². The first-order chi connectivity index (χ1) is 10.7. The van der Waals surface area contributed by atoms with Crippen molar-refractivity contribution in [2.24, 2.45) is 11.5 Å². The third-order valence-corrected chi connectivity index (χ3v) is 3.94. The summed E-state index contributed by atoms with van der Waals surface area (Å²) >= 11 is 0. The minimum Gasteiger partial charge on any atom is -0.326 e. The summed E-state index contributed by atoms with van der Waals surface area (Å²) in [6, 6.07) is 11.5. The van der Waals surface area contributed by atoms with Gasteiger partial charge in [-0.05, 0) is 60.4 Å². The molecule has 112 valence electrons. The molecule has 22 heavy (non-hydrogen) atoms. The zero-order chi connectivity index (χ0) is 15.4. The molecule has 0 saturated heterocycles. The predicted octanol–water partition coefficient (Wildman–Crippen LogP) is 2.39. The standard InChI is InChI=1S/C18H20N4/c19-17-8-7-13(11-14-5-1-3-9-21-14)16(18(17)20)12-15-6-2-4-10-22-15/h1-6,9-12,17-18H,7-8,19-20H2/b13-11-,16-12-. The SMILES string of the molecule is NC1CCC(=C/c2ccccn2)/C(=C/c2ccccn2)C1N. The number of hydrogen-bond donors (Lipinski definition) is 2. The summed E-state index contributed by atoms with van der Waals surface area (Å²) in [6.45, 7) is 0. The molecule has 0 aromatic carbocycles. The van der Waals surface area contributed by atoms with Gasteiger partial charge in [0.15, 0.2) is 0 Å². The second kappa shape index (κ2) is 6.64. The fraction of sp³-hybridized carbons (Fsp3) is 0.222. The number of nitrogens with two attached hydrogens (primary N) is 2. The quantitative estimate of drug-likeness (QED) is 0.891. The molecule has 2 aromatic heterocycles. The molecular formula is C18H20N4. The molecule has 0 bridgehead atoms. The van der Waals surface area contributed by atoms with Gasteiger partial charge in [0.25, 0.3) is 0 Å². The van der Waals surface area contributed by atoms with Gasteiger partial charge in [0.2, 0.25) is 0 Å². The van der Waals surface area contributed by atoms with Gasteiger partial charge in [0.05, 0.1) is 11.4 Å². The minimum absolute atomic E-state index is 0.0177. The van der Waals surface area contributed by atoms with Gasteiger partial charge in [-0.3, -0.25) is 9.97 Å². The van der Waals surface area contributed by atoms with E-state index in [1.165, 1.54) is 5.57 Å². The second-order valence-electron chi connectivity index (χ2n) is 5.51. The number of rotatable bonds is 2. The van der Waals surface area contributed by atoms with Gasteiger partial charge in [0.1, 0.15) is 0 Å². The van der Waals surface area contributed by atoms with Crippen molar-refractivity contribution in [1.29, 1.82) is 0 Å². The maximum Gasteiger partial charge on any atom is 0.0633 e. The number of aromatic nitrogens is 2. The Balaban J connectivity index is 2.00. The van der Waals surface area contributed by atoms with Crippen LogP contribution in [0.2, 0.25) is 0 Å². The first-order valence-corrected chi connectivity index (χ1v) is 7.50. The van der Waals surface area contributed by atoms with Crippen molar-refractivity contribution in [1.82, 2.24) is 9.97 Å². The van der Waals surface area contributed by atoms with Gasteiger partial charge in [-0.2, -0.15) is 0 Å². The van der Waals surface area contributed by atoms with Crippen LogP contribution in [0.25, 0.3) is 12.2 Å². The molecule has 2 unspecified atom stereocenters. The number of nitrogens with zero attached hydrogens (tertiary/aromatic N) is 2. The molecule has 3 rings (SSSR count). The third kappa shape index (κ3) is 3.30. The monoisotopic (exact) mass is 292 g/mol. The van der Waals surface area contributed by atoms with E-state index in [4.69, 9.17) is 11.5 Å². The van der Waals surface area contributed by atoms with E-state index < -0.39 is 0 Å². The summed E-state index contributed by atoms with van der Waals surface area (Å²) in [5, 5.41) is 0. The Kier molecular flexibility index (Phi) is 4.42. The predicted molar refractivity (Wildman–Crippen MR) is 89.6 cm³/mol. The normalized spacial score (nSPS) is 25.5. The van der Waals surface area contributed by atoms with Crippen LogP contribution in [-0.2, 0) is 0 Å². The van der Waals surface area contributed by atoms with Gasteiger partial charge >= 0.3 is 0 Å². The average molecular weight is 292 g/mol. The molecule has 1 aliphatic carbocycles. The third-order valence-electron chi connectivity index (χ3n) is 3.94. The molecule has 0 amide bonds. The topological polar surface area (TPSA) is 77.8 Å². The maximum absolute atomic E-state index is 6.33. The highest BCUT2D eigenvalue weighted by Gasteiger charge is 2.26. The van der Waals surface area contributed by atoms with Gasteiger partial charge in [-0.1, -0.05) is 12.1 Å². The smallest absolute Gasteiger partial charge is 0.0633 e. The van der Waals surface area contributed by atoms with E-state index in [0.717, 1.165) is 29.8 Å².